The maximum absolute atomic E-state index is 13.4. The minimum absolute atomic E-state index is 0.155. The monoisotopic (exact) mass is 546 g/mol. The molecule has 0 aromatic heterocycles. The Morgan fingerprint density at radius 2 is 1.51 bits per heavy atom. The molecule has 0 aliphatic carbocycles. The summed E-state index contributed by atoms with van der Waals surface area (Å²) < 4.78 is 11.4. The van der Waals surface area contributed by atoms with Crippen LogP contribution in [0.25, 0.3) is 6.08 Å². The number of methoxy groups -OCH3 is 1. The van der Waals surface area contributed by atoms with E-state index in [1.54, 1.807) is 37.4 Å². The first-order chi connectivity index (χ1) is 19.8. The summed E-state index contributed by atoms with van der Waals surface area (Å²) in [7, 11) is 1.59. The quantitative estimate of drug-likeness (QED) is 0.212. The number of aryl methyl sites for hydroxylation is 2. The first-order valence-corrected chi connectivity index (χ1v) is 13.2. The van der Waals surface area contributed by atoms with Crippen molar-refractivity contribution < 1.29 is 23.9 Å². The molecule has 1 aliphatic rings. The summed E-state index contributed by atoms with van der Waals surface area (Å²) in [4.78, 5) is 39.7. The van der Waals surface area contributed by atoms with Gasteiger partial charge in [-0.25, -0.2) is 9.69 Å². The lowest BCUT2D eigenvalue weighted by atomic mass is 9.98. The van der Waals surface area contributed by atoms with Gasteiger partial charge in [-0.05, 0) is 72.5 Å². The lowest BCUT2D eigenvalue weighted by Gasteiger charge is -2.26. The van der Waals surface area contributed by atoms with Gasteiger partial charge in [0.15, 0.2) is 0 Å². The fraction of sp³-hybridized carbons (Fsp3) is 0.147. The highest BCUT2D eigenvalue weighted by molar-refractivity contribution is 6.39. The summed E-state index contributed by atoms with van der Waals surface area (Å²) in [6.45, 7) is 4.52. The number of imide groups is 2. The zero-order valence-corrected chi connectivity index (χ0v) is 23.1. The van der Waals surface area contributed by atoms with Crippen LogP contribution in [0.5, 0.6) is 11.5 Å². The highest BCUT2D eigenvalue weighted by Gasteiger charge is 2.36. The second-order valence-electron chi connectivity index (χ2n) is 9.97. The smallest absolute Gasteiger partial charge is 0.335 e. The third-order valence-electron chi connectivity index (χ3n) is 6.74. The van der Waals surface area contributed by atoms with Gasteiger partial charge in [0, 0.05) is 6.42 Å². The number of carbonyl (C=O) groups is 3. The summed E-state index contributed by atoms with van der Waals surface area (Å²) in [6, 6.07) is 27.4. The molecule has 1 heterocycles. The van der Waals surface area contributed by atoms with Gasteiger partial charge in [-0.2, -0.15) is 0 Å². The van der Waals surface area contributed by atoms with Crippen LogP contribution in [-0.4, -0.2) is 25.0 Å². The van der Waals surface area contributed by atoms with E-state index in [4.69, 9.17) is 9.47 Å². The molecule has 1 aliphatic heterocycles. The van der Waals surface area contributed by atoms with Gasteiger partial charge in [-0.15, -0.1) is 0 Å². The van der Waals surface area contributed by atoms with Gasteiger partial charge in [-0.1, -0.05) is 71.8 Å². The van der Waals surface area contributed by atoms with E-state index in [2.05, 4.69) is 37.4 Å². The minimum atomic E-state index is -0.809. The molecule has 0 atom stereocenters. The molecular weight excluding hydrogens is 516 g/mol. The molecule has 4 amide bonds. The number of ether oxygens (including phenoxy) is 2. The second-order valence-corrected chi connectivity index (χ2v) is 9.97. The first kappa shape index (κ1) is 27.4. The SMILES string of the molecule is COc1cc(/C=C2\C(=O)NC(=O)N(c3ccc(OCc4ccccc4)cc3)C2=O)ccc1Cc1cc(C)cc(C)c1. The molecule has 4 aromatic rings. The van der Waals surface area contributed by atoms with Crippen LogP contribution in [0.2, 0.25) is 0 Å². The molecule has 1 saturated heterocycles. The summed E-state index contributed by atoms with van der Waals surface area (Å²) in [5.41, 5.74) is 6.31. The third-order valence-corrected chi connectivity index (χ3v) is 6.74. The van der Waals surface area contributed by atoms with Crippen LogP contribution in [0.15, 0.2) is 96.6 Å². The summed E-state index contributed by atoms with van der Waals surface area (Å²) in [5.74, 6) is -0.240. The lowest BCUT2D eigenvalue weighted by Crippen LogP contribution is -2.54. The van der Waals surface area contributed by atoms with Crippen LogP contribution in [0.3, 0.4) is 0 Å². The molecule has 206 valence electrons. The fourth-order valence-corrected chi connectivity index (χ4v) is 4.88. The van der Waals surface area contributed by atoms with Crippen molar-refractivity contribution in [3.8, 4) is 11.5 Å². The molecule has 1 fully saturated rings. The summed E-state index contributed by atoms with van der Waals surface area (Å²) in [5, 5.41) is 2.27. The van der Waals surface area contributed by atoms with Crippen LogP contribution >= 0.6 is 0 Å². The minimum Gasteiger partial charge on any atom is -0.496 e. The van der Waals surface area contributed by atoms with E-state index >= 15 is 0 Å². The number of rotatable bonds is 8. The maximum Gasteiger partial charge on any atom is 0.335 e. The molecule has 0 saturated carbocycles. The molecular formula is C34H30N2O5. The van der Waals surface area contributed by atoms with Crippen molar-refractivity contribution in [1.29, 1.82) is 0 Å². The molecule has 4 aromatic carbocycles. The van der Waals surface area contributed by atoms with Crippen molar-refractivity contribution in [2.75, 3.05) is 12.0 Å². The Morgan fingerprint density at radius 1 is 0.805 bits per heavy atom. The summed E-state index contributed by atoms with van der Waals surface area (Å²) >= 11 is 0. The van der Waals surface area contributed by atoms with E-state index in [1.165, 1.54) is 22.8 Å². The Hall–Kier alpha value is -5.17. The number of anilines is 1. The molecule has 7 heteroatoms. The number of amides is 4. The number of barbiturate groups is 1. The van der Waals surface area contributed by atoms with E-state index in [1.807, 2.05) is 42.5 Å². The van der Waals surface area contributed by atoms with Crippen molar-refractivity contribution >= 4 is 29.6 Å². The number of nitrogens with one attached hydrogen (secondary N) is 1. The zero-order valence-electron chi connectivity index (χ0n) is 23.1. The van der Waals surface area contributed by atoms with Gasteiger partial charge in [-0.3, -0.25) is 14.9 Å². The van der Waals surface area contributed by atoms with Crippen LogP contribution in [-0.2, 0) is 22.6 Å². The number of benzene rings is 4. The van der Waals surface area contributed by atoms with Crippen molar-refractivity contribution in [1.82, 2.24) is 5.32 Å². The maximum atomic E-state index is 13.4. The van der Waals surface area contributed by atoms with Gasteiger partial charge in [0.1, 0.15) is 23.7 Å². The number of carbonyl (C=O) groups excluding carboxylic acids is 3. The van der Waals surface area contributed by atoms with E-state index in [9.17, 15) is 14.4 Å². The Labute approximate surface area is 239 Å². The molecule has 7 nitrogen and oxygen atoms in total. The van der Waals surface area contributed by atoms with E-state index < -0.39 is 17.8 Å². The van der Waals surface area contributed by atoms with Gasteiger partial charge in [0.05, 0.1) is 12.8 Å². The van der Waals surface area contributed by atoms with Crippen molar-refractivity contribution in [3.05, 3.63) is 130 Å². The predicted octanol–water partition coefficient (Wildman–Crippen LogP) is 6.15. The summed E-state index contributed by atoms with van der Waals surface area (Å²) in [6.07, 6.45) is 2.15. The van der Waals surface area contributed by atoms with E-state index in [-0.39, 0.29) is 5.57 Å². The first-order valence-electron chi connectivity index (χ1n) is 13.2. The highest BCUT2D eigenvalue weighted by atomic mass is 16.5. The molecule has 0 unspecified atom stereocenters. The van der Waals surface area contributed by atoms with E-state index in [0.717, 1.165) is 16.0 Å². The number of hydrogen-bond acceptors (Lipinski definition) is 5. The van der Waals surface area contributed by atoms with Gasteiger partial charge < -0.3 is 9.47 Å². The Bertz CT molecular complexity index is 1620. The molecule has 1 N–H and O–H groups in total. The van der Waals surface area contributed by atoms with Gasteiger partial charge >= 0.3 is 6.03 Å². The van der Waals surface area contributed by atoms with Crippen LogP contribution < -0.4 is 19.7 Å². The standard InChI is InChI=1S/C34H30N2O5/c1-22-15-23(2)17-26(16-22)18-27-10-9-25(20-31(27)40-3)19-30-32(37)35-34(39)36(33(30)38)28-11-13-29(14-12-28)41-21-24-7-5-4-6-8-24/h4-17,19-20H,18,21H2,1-3H3,(H,35,37,39)/b30-19+. The molecule has 0 spiro atoms. The topological polar surface area (TPSA) is 84.9 Å². The van der Waals surface area contributed by atoms with Gasteiger partial charge in [0.25, 0.3) is 11.8 Å². The zero-order chi connectivity index (χ0) is 28.9. The fourth-order valence-electron chi connectivity index (χ4n) is 4.88. The number of urea groups is 1. The molecule has 0 radical (unpaired) electrons. The highest BCUT2D eigenvalue weighted by Crippen LogP contribution is 2.28. The largest absolute Gasteiger partial charge is 0.496 e. The lowest BCUT2D eigenvalue weighted by molar-refractivity contribution is -0.122. The molecule has 41 heavy (non-hydrogen) atoms. The second kappa shape index (κ2) is 11.9. The molecule has 0 bridgehead atoms. The number of nitrogens with zero attached hydrogens (tertiary/aromatic N) is 1. The van der Waals surface area contributed by atoms with Crippen molar-refractivity contribution in [2.24, 2.45) is 0 Å². The van der Waals surface area contributed by atoms with E-state index in [0.29, 0.717) is 35.8 Å². The van der Waals surface area contributed by atoms with Crippen LogP contribution in [0.1, 0.15) is 33.4 Å². The Kier molecular flexibility index (Phi) is 7.97. The average Bonchev–Trinajstić information content (AvgIpc) is 2.95. The normalized spacial score (nSPS) is 14.3. The van der Waals surface area contributed by atoms with Crippen LogP contribution in [0, 0.1) is 13.8 Å². The van der Waals surface area contributed by atoms with Crippen molar-refractivity contribution in [3.63, 3.8) is 0 Å². The Morgan fingerprint density at radius 3 is 2.20 bits per heavy atom. The van der Waals surface area contributed by atoms with Crippen molar-refractivity contribution in [2.45, 2.75) is 26.9 Å². The molecule has 5 rings (SSSR count). The Balaban J connectivity index is 1.35. The number of hydrogen-bond donors (Lipinski definition) is 1. The average molecular weight is 547 g/mol. The van der Waals surface area contributed by atoms with Crippen LogP contribution in [0.4, 0.5) is 10.5 Å². The predicted molar refractivity (Wildman–Crippen MR) is 158 cm³/mol. The third kappa shape index (κ3) is 6.36. The van der Waals surface area contributed by atoms with Gasteiger partial charge in [0.2, 0.25) is 0 Å².